The van der Waals surface area contributed by atoms with Gasteiger partial charge in [0.15, 0.2) is 0 Å². The smallest absolute Gasteiger partial charge is 0.140 e. The average molecular weight is 258 g/mol. The van der Waals surface area contributed by atoms with Crippen LogP contribution in [0.15, 0.2) is 24.3 Å². The minimum atomic E-state index is 0.219. The van der Waals surface area contributed by atoms with Crippen LogP contribution >= 0.6 is 0 Å². The van der Waals surface area contributed by atoms with Gasteiger partial charge in [-0.1, -0.05) is 69.7 Å². The fourth-order valence-electron chi connectivity index (χ4n) is 2.98. The van der Waals surface area contributed by atoms with Gasteiger partial charge in [-0.25, -0.2) is 0 Å². The Morgan fingerprint density at radius 3 is 2.47 bits per heavy atom. The lowest BCUT2D eigenvalue weighted by molar-refractivity contribution is -0.121. The third-order valence-corrected chi connectivity index (χ3v) is 4.27. The third kappa shape index (κ3) is 3.92. The number of hydrogen-bond acceptors (Lipinski definition) is 1. The Kier molecular flexibility index (Phi) is 5.62. The molecule has 0 bridgehead atoms. The van der Waals surface area contributed by atoms with Crippen LogP contribution in [0.5, 0.6) is 0 Å². The summed E-state index contributed by atoms with van der Waals surface area (Å²) in [6.07, 6.45) is 10.7. The molecule has 0 aromatic heterocycles. The van der Waals surface area contributed by atoms with E-state index in [-0.39, 0.29) is 5.92 Å². The van der Waals surface area contributed by atoms with Crippen molar-refractivity contribution in [3.8, 4) is 0 Å². The van der Waals surface area contributed by atoms with E-state index >= 15 is 0 Å². The van der Waals surface area contributed by atoms with Crippen LogP contribution < -0.4 is 0 Å². The molecule has 0 saturated heterocycles. The highest BCUT2D eigenvalue weighted by atomic mass is 16.1. The lowest BCUT2D eigenvalue weighted by atomic mass is 9.74. The maximum Gasteiger partial charge on any atom is 0.140 e. The minimum Gasteiger partial charge on any atom is -0.299 e. The van der Waals surface area contributed by atoms with Crippen molar-refractivity contribution < 1.29 is 4.79 Å². The van der Waals surface area contributed by atoms with Gasteiger partial charge in [0.25, 0.3) is 0 Å². The zero-order valence-corrected chi connectivity index (χ0v) is 12.2. The molecule has 2 rings (SSSR count). The molecule has 1 nitrogen and oxygen atoms in total. The highest BCUT2D eigenvalue weighted by Gasteiger charge is 2.30. The molecule has 0 amide bonds. The zero-order valence-electron chi connectivity index (χ0n) is 12.2. The largest absolute Gasteiger partial charge is 0.299 e. The van der Waals surface area contributed by atoms with E-state index in [2.05, 4.69) is 25.1 Å². The fraction of sp³-hybridized carbons (Fsp3) is 0.611. The topological polar surface area (TPSA) is 17.1 Å². The molecule has 1 aliphatic rings. The van der Waals surface area contributed by atoms with Crippen LogP contribution in [0.25, 0.3) is 0 Å². The number of carbonyl (C=O) groups is 1. The van der Waals surface area contributed by atoms with E-state index in [4.69, 9.17) is 0 Å². The highest BCUT2D eigenvalue weighted by Crippen LogP contribution is 2.36. The van der Waals surface area contributed by atoms with Crippen molar-refractivity contribution in [1.29, 1.82) is 0 Å². The Labute approximate surface area is 117 Å². The molecule has 0 heterocycles. The quantitative estimate of drug-likeness (QED) is 0.567. The van der Waals surface area contributed by atoms with Crippen LogP contribution in [0, 0.1) is 0 Å². The van der Waals surface area contributed by atoms with E-state index in [1.54, 1.807) is 0 Å². The number of ketones is 1. The molecule has 1 aliphatic carbocycles. The number of carbonyl (C=O) groups excluding carboxylic acids is 1. The van der Waals surface area contributed by atoms with Gasteiger partial charge in [-0.15, -0.1) is 0 Å². The van der Waals surface area contributed by atoms with Crippen LogP contribution in [0.3, 0.4) is 0 Å². The monoisotopic (exact) mass is 258 g/mol. The van der Waals surface area contributed by atoms with Crippen LogP contribution in [0.4, 0.5) is 0 Å². The van der Waals surface area contributed by atoms with Crippen molar-refractivity contribution in [2.24, 2.45) is 0 Å². The van der Waals surface area contributed by atoms with Gasteiger partial charge in [0.2, 0.25) is 0 Å². The predicted molar refractivity (Wildman–Crippen MR) is 80.5 cm³/mol. The lowest BCUT2D eigenvalue weighted by Crippen LogP contribution is -2.24. The van der Waals surface area contributed by atoms with Gasteiger partial charge < -0.3 is 0 Å². The van der Waals surface area contributed by atoms with Gasteiger partial charge in [-0.2, -0.15) is 0 Å². The van der Waals surface area contributed by atoms with E-state index in [0.717, 1.165) is 19.3 Å². The second-order valence-electron chi connectivity index (χ2n) is 5.79. The summed E-state index contributed by atoms with van der Waals surface area (Å²) in [6.45, 7) is 2.25. The Bertz CT molecular complexity index is 408. The van der Waals surface area contributed by atoms with Gasteiger partial charge in [0.05, 0.1) is 0 Å². The van der Waals surface area contributed by atoms with Crippen molar-refractivity contribution in [3.63, 3.8) is 0 Å². The summed E-state index contributed by atoms with van der Waals surface area (Å²) in [5, 5.41) is 0. The standard InChI is InChI=1S/C18H26O/c1-2-3-4-5-6-7-8-13-18(19)17-14-15-11-9-10-12-16(15)17/h9-12,17H,2-8,13-14H2,1H3. The van der Waals surface area contributed by atoms with E-state index in [1.165, 1.54) is 49.7 Å². The fourth-order valence-corrected chi connectivity index (χ4v) is 2.98. The number of hydrogen-bond donors (Lipinski definition) is 0. The molecule has 19 heavy (non-hydrogen) atoms. The number of rotatable bonds is 9. The van der Waals surface area contributed by atoms with Gasteiger partial charge in [0.1, 0.15) is 5.78 Å². The summed E-state index contributed by atoms with van der Waals surface area (Å²) < 4.78 is 0. The maximum absolute atomic E-state index is 12.1. The highest BCUT2D eigenvalue weighted by molar-refractivity contribution is 5.88. The summed E-state index contributed by atoms with van der Waals surface area (Å²) in [5.41, 5.74) is 2.66. The average Bonchev–Trinajstić information content (AvgIpc) is 2.39. The maximum atomic E-state index is 12.1. The Balaban J connectivity index is 1.59. The van der Waals surface area contributed by atoms with Gasteiger partial charge in [-0.3, -0.25) is 4.79 Å². The first-order valence-electron chi connectivity index (χ1n) is 7.93. The first kappa shape index (κ1) is 14.3. The molecular weight excluding hydrogens is 232 g/mol. The van der Waals surface area contributed by atoms with Crippen molar-refractivity contribution in [3.05, 3.63) is 35.4 Å². The van der Waals surface area contributed by atoms with Crippen LogP contribution in [0.2, 0.25) is 0 Å². The Hall–Kier alpha value is -1.11. The van der Waals surface area contributed by atoms with Crippen LogP contribution in [-0.2, 0) is 11.2 Å². The molecule has 104 valence electrons. The molecule has 0 N–H and O–H groups in total. The molecule has 1 atom stereocenters. The predicted octanol–water partition coefficient (Wildman–Crippen LogP) is 5.04. The molecule has 0 spiro atoms. The summed E-state index contributed by atoms with van der Waals surface area (Å²) in [5.74, 6) is 0.684. The normalized spacial score (nSPS) is 16.8. The Morgan fingerprint density at radius 1 is 1.05 bits per heavy atom. The summed E-state index contributed by atoms with van der Waals surface area (Å²) in [6, 6.07) is 8.38. The van der Waals surface area contributed by atoms with Gasteiger partial charge in [-0.05, 0) is 24.0 Å². The molecule has 0 saturated carbocycles. The SMILES string of the molecule is CCCCCCCCCC(=O)C1Cc2ccccc21. The first-order valence-corrected chi connectivity index (χ1v) is 7.93. The molecule has 1 aromatic rings. The van der Waals surface area contributed by atoms with E-state index < -0.39 is 0 Å². The molecule has 1 unspecified atom stereocenters. The number of Topliss-reactive ketones (excluding diaryl/α,β-unsaturated/α-hetero) is 1. The van der Waals surface area contributed by atoms with Crippen molar-refractivity contribution in [1.82, 2.24) is 0 Å². The minimum absolute atomic E-state index is 0.219. The Morgan fingerprint density at radius 2 is 1.74 bits per heavy atom. The first-order chi connectivity index (χ1) is 9.33. The van der Waals surface area contributed by atoms with Gasteiger partial charge >= 0.3 is 0 Å². The second kappa shape index (κ2) is 7.47. The van der Waals surface area contributed by atoms with Crippen molar-refractivity contribution in [2.45, 2.75) is 70.6 Å². The molecule has 0 radical (unpaired) electrons. The summed E-state index contributed by atoms with van der Waals surface area (Å²) in [4.78, 5) is 12.1. The summed E-state index contributed by atoms with van der Waals surface area (Å²) >= 11 is 0. The number of unbranched alkanes of at least 4 members (excludes halogenated alkanes) is 6. The summed E-state index contributed by atoms with van der Waals surface area (Å²) in [7, 11) is 0. The molecule has 1 heteroatoms. The zero-order chi connectivity index (χ0) is 13.5. The molecule has 1 aromatic carbocycles. The van der Waals surface area contributed by atoms with E-state index in [0.29, 0.717) is 5.78 Å². The molecular formula is C18H26O. The van der Waals surface area contributed by atoms with E-state index in [1.807, 2.05) is 6.07 Å². The number of fused-ring (bicyclic) bond motifs is 1. The van der Waals surface area contributed by atoms with Crippen molar-refractivity contribution in [2.75, 3.05) is 0 Å². The lowest BCUT2D eigenvalue weighted by Gasteiger charge is -2.28. The third-order valence-electron chi connectivity index (χ3n) is 4.27. The van der Waals surface area contributed by atoms with Crippen LogP contribution in [0.1, 0.15) is 75.3 Å². The van der Waals surface area contributed by atoms with E-state index in [9.17, 15) is 4.79 Å². The van der Waals surface area contributed by atoms with Crippen LogP contribution in [-0.4, -0.2) is 5.78 Å². The van der Waals surface area contributed by atoms with Gasteiger partial charge in [0, 0.05) is 12.3 Å². The second-order valence-corrected chi connectivity index (χ2v) is 5.79. The molecule has 0 fully saturated rings. The molecule has 0 aliphatic heterocycles. The number of benzene rings is 1. The van der Waals surface area contributed by atoms with Crippen molar-refractivity contribution >= 4 is 5.78 Å².